The minimum absolute atomic E-state index is 0.0181. The third kappa shape index (κ3) is 3.85. The molecule has 0 unspecified atom stereocenters. The van der Waals surface area contributed by atoms with Crippen LogP contribution in [0.3, 0.4) is 0 Å². The van der Waals surface area contributed by atoms with Gasteiger partial charge < -0.3 is 4.74 Å². The van der Waals surface area contributed by atoms with Gasteiger partial charge in [0.25, 0.3) is 5.56 Å². The van der Waals surface area contributed by atoms with Crippen LogP contribution >= 0.6 is 34.4 Å². The molecule has 0 spiro atoms. The molecule has 0 N–H and O–H groups in total. The fourth-order valence-electron chi connectivity index (χ4n) is 2.77. The lowest BCUT2D eigenvalue weighted by atomic mass is 10.2. The Morgan fingerprint density at radius 3 is 2.75 bits per heavy atom. The Morgan fingerprint density at radius 2 is 1.96 bits per heavy atom. The number of hydrogen-bond donors (Lipinski definition) is 0. The Kier molecular flexibility index (Phi) is 5.52. The van der Waals surface area contributed by atoms with Crippen LogP contribution in [0.1, 0.15) is 21.1 Å². The Labute approximate surface area is 175 Å². The maximum absolute atomic E-state index is 12.7. The molecule has 4 aromatic rings. The summed E-state index contributed by atoms with van der Waals surface area (Å²) in [6, 6.07) is 9.72. The number of para-hydroxylation sites is 1. The molecule has 3 aromatic heterocycles. The lowest BCUT2D eigenvalue weighted by Gasteiger charge is -2.06. The predicted molar refractivity (Wildman–Crippen MR) is 117 cm³/mol. The Bertz CT molecular complexity index is 1180. The number of aryl methyl sites for hydroxylation is 2. The van der Waals surface area contributed by atoms with Gasteiger partial charge in [-0.15, -0.1) is 22.7 Å². The molecule has 4 rings (SSSR count). The van der Waals surface area contributed by atoms with Crippen LogP contribution in [-0.4, -0.2) is 14.5 Å². The van der Waals surface area contributed by atoms with Gasteiger partial charge in [0.1, 0.15) is 22.2 Å². The Morgan fingerprint density at radius 1 is 1.18 bits per heavy atom. The molecule has 0 radical (unpaired) electrons. The molecule has 28 heavy (non-hydrogen) atoms. The van der Waals surface area contributed by atoms with E-state index in [1.54, 1.807) is 34.3 Å². The van der Waals surface area contributed by atoms with Crippen molar-refractivity contribution in [2.75, 3.05) is 0 Å². The number of rotatable bonds is 6. The van der Waals surface area contributed by atoms with Crippen molar-refractivity contribution in [3.63, 3.8) is 0 Å². The molecular formula is C20H19N3O2S3. The van der Waals surface area contributed by atoms with E-state index in [1.165, 1.54) is 11.8 Å². The number of fused-ring (bicyclic) bond motifs is 1. The van der Waals surface area contributed by atoms with Gasteiger partial charge in [0.05, 0.1) is 11.1 Å². The van der Waals surface area contributed by atoms with Crippen molar-refractivity contribution in [1.29, 1.82) is 0 Å². The van der Waals surface area contributed by atoms with Crippen molar-refractivity contribution < 1.29 is 4.74 Å². The standard InChI is InChI=1S/C20H19N3O2S3/c1-12-13(2)28-18-17(12)19(24)23(3)20(22-18)27-11-14-10-26-16(21-14)9-25-15-7-5-4-6-8-15/h4-8,10H,9,11H2,1-3H3. The van der Waals surface area contributed by atoms with E-state index in [-0.39, 0.29) is 5.56 Å². The first-order valence-corrected chi connectivity index (χ1v) is 11.4. The average Bonchev–Trinajstić information content (AvgIpc) is 3.27. The van der Waals surface area contributed by atoms with Gasteiger partial charge in [-0.3, -0.25) is 9.36 Å². The lowest BCUT2D eigenvalue weighted by molar-refractivity contribution is 0.305. The molecule has 3 heterocycles. The zero-order chi connectivity index (χ0) is 19.7. The van der Waals surface area contributed by atoms with Crippen molar-refractivity contribution in [2.45, 2.75) is 31.4 Å². The van der Waals surface area contributed by atoms with Crippen LogP contribution in [0, 0.1) is 13.8 Å². The molecule has 0 saturated heterocycles. The molecule has 1 aromatic carbocycles. The van der Waals surface area contributed by atoms with E-state index in [1.807, 2.05) is 49.6 Å². The summed E-state index contributed by atoms with van der Waals surface area (Å²) in [7, 11) is 1.78. The average molecular weight is 430 g/mol. The summed E-state index contributed by atoms with van der Waals surface area (Å²) in [5, 5.41) is 4.42. The zero-order valence-electron chi connectivity index (χ0n) is 15.8. The van der Waals surface area contributed by atoms with Crippen molar-refractivity contribution in [1.82, 2.24) is 14.5 Å². The quantitative estimate of drug-likeness (QED) is 0.321. The van der Waals surface area contributed by atoms with Crippen LogP contribution in [0.4, 0.5) is 0 Å². The highest BCUT2D eigenvalue weighted by molar-refractivity contribution is 7.98. The normalized spacial score (nSPS) is 11.2. The number of thioether (sulfide) groups is 1. The fraction of sp³-hybridized carbons (Fsp3) is 0.250. The van der Waals surface area contributed by atoms with Crippen molar-refractivity contribution in [2.24, 2.45) is 7.05 Å². The van der Waals surface area contributed by atoms with Gasteiger partial charge >= 0.3 is 0 Å². The molecule has 0 bridgehead atoms. The summed E-state index contributed by atoms with van der Waals surface area (Å²) in [5.74, 6) is 1.50. The van der Waals surface area contributed by atoms with Crippen molar-refractivity contribution in [3.05, 3.63) is 67.2 Å². The summed E-state index contributed by atoms with van der Waals surface area (Å²) < 4.78 is 7.39. The Balaban J connectivity index is 1.46. The van der Waals surface area contributed by atoms with E-state index < -0.39 is 0 Å². The number of thiophene rings is 1. The van der Waals surface area contributed by atoms with E-state index in [9.17, 15) is 4.79 Å². The Hall–Kier alpha value is -2.16. The number of aromatic nitrogens is 3. The number of hydrogen-bond acceptors (Lipinski definition) is 7. The monoisotopic (exact) mass is 429 g/mol. The van der Waals surface area contributed by atoms with Gasteiger partial charge in [-0.1, -0.05) is 30.0 Å². The van der Waals surface area contributed by atoms with E-state index in [0.29, 0.717) is 17.5 Å². The van der Waals surface area contributed by atoms with Crippen LogP contribution in [0.25, 0.3) is 10.2 Å². The first kappa shape index (κ1) is 19.2. The second-order valence-electron chi connectivity index (χ2n) is 6.34. The molecule has 0 fully saturated rings. The summed E-state index contributed by atoms with van der Waals surface area (Å²) in [5.41, 5.74) is 2.02. The number of benzene rings is 1. The van der Waals surface area contributed by atoms with Crippen LogP contribution in [0.2, 0.25) is 0 Å². The second kappa shape index (κ2) is 8.06. The lowest BCUT2D eigenvalue weighted by Crippen LogP contribution is -2.19. The van der Waals surface area contributed by atoms with Crippen LogP contribution < -0.4 is 10.3 Å². The van der Waals surface area contributed by atoms with E-state index >= 15 is 0 Å². The highest BCUT2D eigenvalue weighted by Gasteiger charge is 2.15. The molecule has 0 aliphatic heterocycles. The molecule has 8 heteroatoms. The fourth-order valence-corrected chi connectivity index (χ4v) is 5.51. The zero-order valence-corrected chi connectivity index (χ0v) is 18.2. The van der Waals surface area contributed by atoms with Crippen molar-refractivity contribution in [3.8, 4) is 5.75 Å². The molecule has 0 aliphatic rings. The van der Waals surface area contributed by atoms with Crippen LogP contribution in [0.5, 0.6) is 5.75 Å². The third-order valence-corrected chi connectivity index (χ3v) is 7.46. The maximum Gasteiger partial charge on any atom is 0.262 e. The van der Waals surface area contributed by atoms with Gasteiger partial charge in [-0.25, -0.2) is 9.97 Å². The molecule has 0 saturated carbocycles. The van der Waals surface area contributed by atoms with E-state index in [0.717, 1.165) is 37.1 Å². The smallest absolute Gasteiger partial charge is 0.262 e. The van der Waals surface area contributed by atoms with Crippen LogP contribution in [-0.2, 0) is 19.4 Å². The third-order valence-electron chi connectivity index (χ3n) is 4.42. The number of thiazole rings is 1. The highest BCUT2D eigenvalue weighted by Crippen LogP contribution is 2.29. The van der Waals surface area contributed by atoms with Gasteiger partial charge in [0.2, 0.25) is 0 Å². The van der Waals surface area contributed by atoms with Crippen LogP contribution in [0.15, 0.2) is 45.7 Å². The first-order chi connectivity index (χ1) is 13.5. The molecule has 0 amide bonds. The van der Waals surface area contributed by atoms with Gasteiger partial charge in [-0.2, -0.15) is 0 Å². The molecule has 5 nitrogen and oxygen atoms in total. The highest BCUT2D eigenvalue weighted by atomic mass is 32.2. The molecule has 0 atom stereocenters. The minimum atomic E-state index is 0.0181. The first-order valence-electron chi connectivity index (χ1n) is 8.73. The van der Waals surface area contributed by atoms with Gasteiger partial charge in [0, 0.05) is 23.1 Å². The SMILES string of the molecule is Cc1sc2nc(SCc3csc(COc4ccccc4)n3)n(C)c(=O)c2c1C. The second-order valence-corrected chi connectivity index (χ2v) is 9.43. The largest absolute Gasteiger partial charge is 0.486 e. The number of ether oxygens (including phenoxy) is 1. The van der Waals surface area contributed by atoms with Gasteiger partial charge in [-0.05, 0) is 31.5 Å². The summed E-state index contributed by atoms with van der Waals surface area (Å²) in [4.78, 5) is 24.0. The van der Waals surface area contributed by atoms with Gasteiger partial charge in [0.15, 0.2) is 5.16 Å². The summed E-state index contributed by atoms with van der Waals surface area (Å²) in [6.45, 7) is 4.47. The molecule has 144 valence electrons. The molecule has 0 aliphatic carbocycles. The topological polar surface area (TPSA) is 57.0 Å². The summed E-state index contributed by atoms with van der Waals surface area (Å²) in [6.07, 6.45) is 0. The molecular weight excluding hydrogens is 410 g/mol. The minimum Gasteiger partial charge on any atom is -0.486 e. The number of nitrogens with zero attached hydrogens (tertiary/aromatic N) is 3. The predicted octanol–water partition coefficient (Wildman–Crippen LogP) is 4.94. The summed E-state index contributed by atoms with van der Waals surface area (Å²) >= 11 is 4.69. The van der Waals surface area contributed by atoms with E-state index in [2.05, 4.69) is 4.98 Å². The van der Waals surface area contributed by atoms with Crippen molar-refractivity contribution >= 4 is 44.7 Å². The maximum atomic E-state index is 12.7. The van der Waals surface area contributed by atoms with E-state index in [4.69, 9.17) is 9.72 Å².